The van der Waals surface area contributed by atoms with Crippen molar-refractivity contribution < 1.29 is 9.53 Å². The lowest BCUT2D eigenvalue weighted by atomic mass is 9.64. The van der Waals surface area contributed by atoms with E-state index >= 15 is 0 Å². The van der Waals surface area contributed by atoms with Crippen molar-refractivity contribution in [1.82, 2.24) is 0 Å². The van der Waals surface area contributed by atoms with Gasteiger partial charge < -0.3 is 4.74 Å². The maximum Gasteiger partial charge on any atom is 0.338 e. The van der Waals surface area contributed by atoms with Crippen molar-refractivity contribution in [3.63, 3.8) is 0 Å². The van der Waals surface area contributed by atoms with E-state index in [9.17, 15) is 4.79 Å². The summed E-state index contributed by atoms with van der Waals surface area (Å²) >= 11 is 0. The topological polar surface area (TPSA) is 26.3 Å². The smallest absolute Gasteiger partial charge is 0.338 e. The summed E-state index contributed by atoms with van der Waals surface area (Å²) in [5.41, 5.74) is 1.87. The molecule has 1 saturated carbocycles. The highest BCUT2D eigenvalue weighted by Crippen LogP contribution is 2.44. The number of hydrogen-bond donors (Lipinski definition) is 0. The van der Waals surface area contributed by atoms with Crippen LogP contribution < -0.4 is 0 Å². The van der Waals surface area contributed by atoms with Crippen molar-refractivity contribution in [2.45, 2.75) is 51.6 Å². The summed E-state index contributed by atoms with van der Waals surface area (Å²) in [7, 11) is 0. The Labute approximate surface area is 173 Å². The van der Waals surface area contributed by atoms with Crippen LogP contribution in [0, 0.1) is 11.8 Å². The van der Waals surface area contributed by atoms with Crippen LogP contribution in [0.1, 0.15) is 56.0 Å². The van der Waals surface area contributed by atoms with Gasteiger partial charge in [0.15, 0.2) is 0 Å². The van der Waals surface area contributed by atoms with Gasteiger partial charge in [0.25, 0.3) is 0 Å². The molecule has 0 amide bonds. The summed E-state index contributed by atoms with van der Waals surface area (Å²) < 4.78 is 6.12. The minimum atomic E-state index is -0.205. The molecule has 3 aromatic carbocycles. The van der Waals surface area contributed by atoms with Crippen molar-refractivity contribution >= 4 is 16.7 Å². The molecule has 0 heterocycles. The van der Waals surface area contributed by atoms with Crippen LogP contribution in [-0.2, 0) is 10.2 Å². The molecule has 3 atom stereocenters. The number of benzene rings is 3. The lowest BCUT2D eigenvalue weighted by molar-refractivity contribution is -0.0236. The summed E-state index contributed by atoms with van der Waals surface area (Å²) in [6.45, 7) is 6.88. The van der Waals surface area contributed by atoms with Crippen LogP contribution in [0.25, 0.3) is 10.8 Å². The molecular weight excluding hydrogens is 356 g/mol. The van der Waals surface area contributed by atoms with Crippen LogP contribution >= 0.6 is 0 Å². The molecule has 1 aliphatic rings. The van der Waals surface area contributed by atoms with Gasteiger partial charge in [0, 0.05) is 5.92 Å². The average Bonchev–Trinajstić information content (AvgIpc) is 2.74. The van der Waals surface area contributed by atoms with Crippen molar-refractivity contribution in [1.29, 1.82) is 0 Å². The van der Waals surface area contributed by atoms with Gasteiger partial charge in [-0.1, -0.05) is 87.9 Å². The van der Waals surface area contributed by atoms with E-state index in [2.05, 4.69) is 63.2 Å². The quantitative estimate of drug-likeness (QED) is 0.462. The first-order valence-electron chi connectivity index (χ1n) is 10.7. The highest BCUT2D eigenvalue weighted by molar-refractivity contribution is 5.89. The summed E-state index contributed by atoms with van der Waals surface area (Å²) in [5.74, 6) is 0.670. The fourth-order valence-corrected chi connectivity index (χ4v) is 4.87. The van der Waals surface area contributed by atoms with Gasteiger partial charge in [0.1, 0.15) is 6.10 Å². The zero-order valence-corrected chi connectivity index (χ0v) is 17.6. The van der Waals surface area contributed by atoms with Gasteiger partial charge in [-0.2, -0.15) is 0 Å². The third kappa shape index (κ3) is 4.07. The molecule has 0 spiro atoms. The third-order valence-corrected chi connectivity index (χ3v) is 6.74. The molecule has 0 aromatic heterocycles. The summed E-state index contributed by atoms with van der Waals surface area (Å²) in [4.78, 5) is 12.8. The monoisotopic (exact) mass is 386 g/mol. The predicted molar refractivity (Wildman–Crippen MR) is 119 cm³/mol. The van der Waals surface area contributed by atoms with E-state index in [1.807, 2.05) is 30.3 Å². The second-order valence-corrected chi connectivity index (χ2v) is 9.12. The van der Waals surface area contributed by atoms with Crippen LogP contribution in [0.3, 0.4) is 0 Å². The van der Waals surface area contributed by atoms with E-state index in [4.69, 9.17) is 4.74 Å². The minimum absolute atomic E-state index is 0.0621. The fraction of sp³-hybridized carbons (Fsp3) is 0.370. The van der Waals surface area contributed by atoms with Gasteiger partial charge in [-0.05, 0) is 52.6 Å². The fourth-order valence-electron chi connectivity index (χ4n) is 4.87. The Morgan fingerprint density at radius 3 is 2.34 bits per heavy atom. The molecule has 0 N–H and O–H groups in total. The molecule has 1 aliphatic carbocycles. The number of fused-ring (bicyclic) bond motifs is 1. The Bertz CT molecular complexity index is 990. The number of ether oxygens (including phenoxy) is 1. The minimum Gasteiger partial charge on any atom is -0.458 e. The van der Waals surface area contributed by atoms with Crippen LogP contribution in [0.4, 0.5) is 0 Å². The van der Waals surface area contributed by atoms with E-state index in [0.717, 1.165) is 12.8 Å². The van der Waals surface area contributed by atoms with Crippen LogP contribution in [-0.4, -0.2) is 12.1 Å². The van der Waals surface area contributed by atoms with E-state index < -0.39 is 0 Å². The molecule has 29 heavy (non-hydrogen) atoms. The first-order valence-corrected chi connectivity index (χ1v) is 10.7. The summed E-state index contributed by atoms with van der Waals surface area (Å²) in [6, 6.07) is 24.6. The third-order valence-electron chi connectivity index (χ3n) is 6.74. The molecule has 0 unspecified atom stereocenters. The molecule has 3 aromatic rings. The van der Waals surface area contributed by atoms with Gasteiger partial charge in [-0.25, -0.2) is 4.79 Å². The molecule has 150 valence electrons. The van der Waals surface area contributed by atoms with Crippen molar-refractivity contribution in [2.24, 2.45) is 11.8 Å². The van der Waals surface area contributed by atoms with Crippen LogP contribution in [0.2, 0.25) is 0 Å². The number of esters is 1. The lowest BCUT2D eigenvalue weighted by Crippen LogP contribution is -2.43. The Hall–Kier alpha value is -2.61. The van der Waals surface area contributed by atoms with Gasteiger partial charge in [-0.15, -0.1) is 0 Å². The Morgan fingerprint density at radius 1 is 0.897 bits per heavy atom. The van der Waals surface area contributed by atoms with Gasteiger partial charge in [-0.3, -0.25) is 0 Å². The number of rotatable bonds is 4. The van der Waals surface area contributed by atoms with Gasteiger partial charge >= 0.3 is 5.97 Å². The molecule has 2 heteroatoms. The highest BCUT2D eigenvalue weighted by Gasteiger charge is 2.42. The molecule has 1 fully saturated rings. The zero-order valence-electron chi connectivity index (χ0n) is 17.6. The molecule has 0 saturated heterocycles. The van der Waals surface area contributed by atoms with Gasteiger partial charge in [0.2, 0.25) is 0 Å². The second-order valence-electron chi connectivity index (χ2n) is 9.12. The normalized spacial score (nSPS) is 22.4. The molecule has 0 aliphatic heterocycles. The maximum atomic E-state index is 12.8. The molecule has 2 nitrogen and oxygen atoms in total. The summed E-state index contributed by atoms with van der Waals surface area (Å²) in [5, 5.41) is 2.52. The SMILES string of the molecule is C[C@@H]1CC[C@@H](C(C)(C)c2ccc3ccccc3c2)[C@H](OC(=O)c2ccccc2)C1. The van der Waals surface area contributed by atoms with Gasteiger partial charge in [0.05, 0.1) is 5.56 Å². The first-order chi connectivity index (χ1) is 13.9. The van der Waals surface area contributed by atoms with E-state index in [1.54, 1.807) is 0 Å². The Kier molecular flexibility index (Phi) is 5.45. The molecule has 0 bridgehead atoms. The maximum absolute atomic E-state index is 12.8. The first kappa shape index (κ1) is 19.7. The van der Waals surface area contributed by atoms with E-state index in [0.29, 0.717) is 17.4 Å². The number of carbonyl (C=O) groups is 1. The lowest BCUT2D eigenvalue weighted by Gasteiger charge is -2.44. The van der Waals surface area contributed by atoms with E-state index in [-0.39, 0.29) is 17.5 Å². The average molecular weight is 387 g/mol. The number of carbonyl (C=O) groups excluding carboxylic acids is 1. The molecular formula is C27H30O2. The second kappa shape index (κ2) is 8.02. The van der Waals surface area contributed by atoms with Crippen molar-refractivity contribution in [3.05, 3.63) is 83.9 Å². The van der Waals surface area contributed by atoms with Crippen molar-refractivity contribution in [3.8, 4) is 0 Å². The van der Waals surface area contributed by atoms with Crippen molar-refractivity contribution in [2.75, 3.05) is 0 Å². The predicted octanol–water partition coefficient (Wildman–Crippen LogP) is 6.78. The Balaban J connectivity index is 1.62. The van der Waals surface area contributed by atoms with E-state index in [1.165, 1.54) is 22.8 Å². The standard InChI is InChI=1S/C27H30O2/c1-19-13-16-24(25(17-19)29-26(28)21-10-5-4-6-11-21)27(2,3)23-15-14-20-9-7-8-12-22(20)18-23/h4-12,14-15,18-19,24-25H,13,16-17H2,1-3H3/t19-,24-,25-/m1/s1. The van der Waals surface area contributed by atoms with Crippen LogP contribution in [0.15, 0.2) is 72.8 Å². The molecule has 0 radical (unpaired) electrons. The number of hydrogen-bond acceptors (Lipinski definition) is 2. The van der Waals surface area contributed by atoms with Crippen LogP contribution in [0.5, 0.6) is 0 Å². The largest absolute Gasteiger partial charge is 0.458 e. The highest BCUT2D eigenvalue weighted by atomic mass is 16.5. The summed E-state index contributed by atoms with van der Waals surface area (Å²) in [6.07, 6.45) is 3.13. The zero-order chi connectivity index (χ0) is 20.4. The Morgan fingerprint density at radius 2 is 1.59 bits per heavy atom. The molecule has 4 rings (SSSR count).